The molecule has 0 radical (unpaired) electrons. The standard InChI is InChI=1S/C4H10N2O/c1-3(5)4(6)7-2/h3,6H,5H2,1-2H3. The molecule has 0 rings (SSSR count). The minimum absolute atomic E-state index is 0.125. The number of hydrogen-bond acceptors (Lipinski definition) is 3. The Balaban J connectivity index is 3.35. The monoisotopic (exact) mass is 102 g/mol. The fourth-order valence-corrected chi connectivity index (χ4v) is 0.186. The van der Waals surface area contributed by atoms with Crippen LogP contribution >= 0.6 is 0 Å². The maximum atomic E-state index is 6.84. The fraction of sp³-hybridized carbons (Fsp3) is 0.750. The van der Waals surface area contributed by atoms with E-state index in [1.54, 1.807) is 6.92 Å². The summed E-state index contributed by atoms with van der Waals surface area (Å²) in [5, 5.41) is 6.84. The molecule has 0 spiro atoms. The van der Waals surface area contributed by atoms with Gasteiger partial charge in [-0.1, -0.05) is 0 Å². The molecule has 0 aromatic heterocycles. The van der Waals surface area contributed by atoms with Crippen LogP contribution in [0.5, 0.6) is 0 Å². The minimum atomic E-state index is -0.273. The first-order valence-electron chi connectivity index (χ1n) is 2.06. The highest BCUT2D eigenvalue weighted by Crippen LogP contribution is 1.77. The molecule has 0 amide bonds. The zero-order valence-electron chi connectivity index (χ0n) is 4.56. The molecule has 1 unspecified atom stereocenters. The second-order valence-corrected chi connectivity index (χ2v) is 1.36. The summed E-state index contributed by atoms with van der Waals surface area (Å²) >= 11 is 0. The van der Waals surface area contributed by atoms with Crippen LogP contribution in [0.4, 0.5) is 0 Å². The molecule has 1 atom stereocenters. The largest absolute Gasteiger partial charge is 0.483 e. The molecular formula is C4H10N2O. The maximum absolute atomic E-state index is 6.84. The van der Waals surface area contributed by atoms with Gasteiger partial charge >= 0.3 is 0 Å². The van der Waals surface area contributed by atoms with Gasteiger partial charge in [0.25, 0.3) is 0 Å². The van der Waals surface area contributed by atoms with Gasteiger partial charge in [-0.15, -0.1) is 0 Å². The molecule has 0 fully saturated rings. The molecule has 0 aliphatic rings. The van der Waals surface area contributed by atoms with Crippen LogP contribution in [0.25, 0.3) is 0 Å². The smallest absolute Gasteiger partial charge is 0.197 e. The van der Waals surface area contributed by atoms with Gasteiger partial charge in [-0.3, -0.25) is 5.41 Å². The highest BCUT2D eigenvalue weighted by Gasteiger charge is 1.98. The molecule has 0 aromatic rings. The van der Waals surface area contributed by atoms with Gasteiger partial charge in [0.2, 0.25) is 0 Å². The third-order valence-electron chi connectivity index (χ3n) is 0.633. The molecule has 0 aliphatic carbocycles. The normalized spacial score (nSPS) is 13.0. The Hall–Kier alpha value is -0.570. The average Bonchev–Trinajstić information content (AvgIpc) is 1.65. The van der Waals surface area contributed by atoms with Crippen molar-refractivity contribution in [3.63, 3.8) is 0 Å². The molecule has 3 nitrogen and oxygen atoms in total. The molecule has 0 aromatic carbocycles. The summed E-state index contributed by atoms with van der Waals surface area (Å²) in [6.07, 6.45) is 0. The number of nitrogens with one attached hydrogen (secondary N) is 1. The van der Waals surface area contributed by atoms with E-state index in [-0.39, 0.29) is 11.9 Å². The summed E-state index contributed by atoms with van der Waals surface area (Å²) in [5.41, 5.74) is 5.20. The number of ether oxygens (including phenoxy) is 1. The zero-order valence-corrected chi connectivity index (χ0v) is 4.56. The number of hydrogen-bond donors (Lipinski definition) is 2. The molecular weight excluding hydrogens is 92.1 g/mol. The second kappa shape index (κ2) is 2.58. The Bertz CT molecular complexity index is 70.1. The van der Waals surface area contributed by atoms with Crippen LogP contribution in [-0.4, -0.2) is 19.0 Å². The van der Waals surface area contributed by atoms with E-state index in [4.69, 9.17) is 11.1 Å². The summed E-state index contributed by atoms with van der Waals surface area (Å²) < 4.78 is 4.47. The zero-order chi connectivity index (χ0) is 5.86. The van der Waals surface area contributed by atoms with Crippen molar-refractivity contribution in [3.05, 3.63) is 0 Å². The van der Waals surface area contributed by atoms with E-state index in [2.05, 4.69) is 4.74 Å². The van der Waals surface area contributed by atoms with Crippen LogP contribution in [0.15, 0.2) is 0 Å². The second-order valence-electron chi connectivity index (χ2n) is 1.36. The molecule has 3 N–H and O–H groups in total. The molecule has 0 saturated carbocycles. The predicted octanol–water partition coefficient (Wildman–Crippen LogP) is -0.0427. The Morgan fingerprint density at radius 2 is 2.29 bits per heavy atom. The lowest BCUT2D eigenvalue weighted by molar-refractivity contribution is 0.380. The Morgan fingerprint density at radius 1 is 1.86 bits per heavy atom. The average molecular weight is 102 g/mol. The lowest BCUT2D eigenvalue weighted by Gasteiger charge is -2.02. The fourth-order valence-electron chi connectivity index (χ4n) is 0.186. The van der Waals surface area contributed by atoms with Crippen LogP contribution in [-0.2, 0) is 4.74 Å². The maximum Gasteiger partial charge on any atom is 0.197 e. The minimum Gasteiger partial charge on any atom is -0.483 e. The summed E-state index contributed by atoms with van der Waals surface area (Å²) in [5.74, 6) is 0.125. The van der Waals surface area contributed by atoms with Crippen LogP contribution in [0.2, 0.25) is 0 Å². The SMILES string of the molecule is COC(=N)C(C)N. The first kappa shape index (κ1) is 6.43. The van der Waals surface area contributed by atoms with Crippen molar-refractivity contribution in [2.24, 2.45) is 5.73 Å². The van der Waals surface area contributed by atoms with Gasteiger partial charge in [0.15, 0.2) is 5.90 Å². The van der Waals surface area contributed by atoms with E-state index in [1.165, 1.54) is 7.11 Å². The summed E-state index contributed by atoms with van der Waals surface area (Å²) in [4.78, 5) is 0. The van der Waals surface area contributed by atoms with E-state index in [9.17, 15) is 0 Å². The highest BCUT2D eigenvalue weighted by atomic mass is 16.5. The summed E-state index contributed by atoms with van der Waals surface area (Å²) in [7, 11) is 1.44. The van der Waals surface area contributed by atoms with Crippen molar-refractivity contribution in [2.45, 2.75) is 13.0 Å². The van der Waals surface area contributed by atoms with Crippen molar-refractivity contribution in [1.29, 1.82) is 5.41 Å². The molecule has 42 valence electrons. The lowest BCUT2D eigenvalue weighted by Crippen LogP contribution is -2.26. The number of rotatable bonds is 1. The van der Waals surface area contributed by atoms with Gasteiger partial charge < -0.3 is 10.5 Å². The first-order chi connectivity index (χ1) is 3.18. The van der Waals surface area contributed by atoms with Crippen molar-refractivity contribution in [3.8, 4) is 0 Å². The highest BCUT2D eigenvalue weighted by molar-refractivity contribution is 5.77. The quantitative estimate of drug-likeness (QED) is 0.360. The van der Waals surface area contributed by atoms with Gasteiger partial charge in [0.1, 0.15) is 0 Å². The van der Waals surface area contributed by atoms with Gasteiger partial charge in [-0.05, 0) is 6.92 Å². The van der Waals surface area contributed by atoms with Gasteiger partial charge in [-0.25, -0.2) is 0 Å². The molecule has 0 heterocycles. The molecule has 0 saturated heterocycles. The lowest BCUT2D eigenvalue weighted by atomic mass is 10.4. The van der Waals surface area contributed by atoms with Crippen molar-refractivity contribution < 1.29 is 4.74 Å². The molecule has 3 heteroatoms. The van der Waals surface area contributed by atoms with E-state index < -0.39 is 0 Å². The Labute approximate surface area is 43.0 Å². The van der Waals surface area contributed by atoms with Gasteiger partial charge in [0, 0.05) is 0 Å². The van der Waals surface area contributed by atoms with Crippen LogP contribution < -0.4 is 5.73 Å². The molecule has 0 bridgehead atoms. The Kier molecular flexibility index (Phi) is 2.37. The molecule has 0 aliphatic heterocycles. The van der Waals surface area contributed by atoms with Crippen molar-refractivity contribution in [2.75, 3.05) is 7.11 Å². The topological polar surface area (TPSA) is 59.1 Å². The first-order valence-corrected chi connectivity index (χ1v) is 2.06. The van der Waals surface area contributed by atoms with E-state index in [1.807, 2.05) is 0 Å². The number of methoxy groups -OCH3 is 1. The Morgan fingerprint density at radius 3 is 2.29 bits per heavy atom. The van der Waals surface area contributed by atoms with E-state index in [0.29, 0.717) is 0 Å². The van der Waals surface area contributed by atoms with Crippen molar-refractivity contribution >= 4 is 5.90 Å². The summed E-state index contributed by atoms with van der Waals surface area (Å²) in [6.45, 7) is 1.70. The summed E-state index contributed by atoms with van der Waals surface area (Å²) in [6, 6.07) is -0.273. The van der Waals surface area contributed by atoms with Crippen molar-refractivity contribution in [1.82, 2.24) is 0 Å². The number of nitrogens with two attached hydrogens (primary N) is 1. The predicted molar refractivity (Wildman–Crippen MR) is 28.4 cm³/mol. The van der Waals surface area contributed by atoms with Gasteiger partial charge in [-0.2, -0.15) is 0 Å². The van der Waals surface area contributed by atoms with E-state index >= 15 is 0 Å². The van der Waals surface area contributed by atoms with Gasteiger partial charge in [0.05, 0.1) is 13.2 Å². The van der Waals surface area contributed by atoms with Crippen LogP contribution in [0.1, 0.15) is 6.92 Å². The van der Waals surface area contributed by atoms with Crippen LogP contribution in [0.3, 0.4) is 0 Å². The third-order valence-corrected chi connectivity index (χ3v) is 0.633. The third kappa shape index (κ3) is 2.17. The molecule has 7 heavy (non-hydrogen) atoms. The van der Waals surface area contributed by atoms with Crippen LogP contribution in [0, 0.1) is 5.41 Å². The van der Waals surface area contributed by atoms with E-state index in [0.717, 1.165) is 0 Å².